The molecule has 0 unspecified atom stereocenters. The number of carbonyl (C=O) groups is 1. The van der Waals surface area contributed by atoms with Gasteiger partial charge in [-0.1, -0.05) is 0 Å². The zero-order valence-corrected chi connectivity index (χ0v) is 15.4. The summed E-state index contributed by atoms with van der Waals surface area (Å²) in [5.41, 5.74) is -0.492. The van der Waals surface area contributed by atoms with E-state index in [1.165, 1.54) is 4.90 Å². The van der Waals surface area contributed by atoms with Gasteiger partial charge in [-0.15, -0.1) is 6.61 Å². The van der Waals surface area contributed by atoms with Crippen molar-refractivity contribution in [1.82, 2.24) is 4.90 Å². The molecule has 4 nitrogen and oxygen atoms in total. The summed E-state index contributed by atoms with van der Waals surface area (Å²) in [5, 5.41) is 10.2. The zero-order valence-electron chi connectivity index (χ0n) is 9.09. The van der Waals surface area contributed by atoms with Crippen LogP contribution in [0.25, 0.3) is 0 Å². The number of hydrogen-bond donors (Lipinski definition) is 0. The third-order valence-electron chi connectivity index (χ3n) is 1.13. The molecule has 0 aliphatic heterocycles. The molecule has 1 amide bonds. The van der Waals surface area contributed by atoms with Crippen LogP contribution in [0.1, 0.15) is 20.8 Å². The molecule has 5 heteroatoms. The number of likely N-dealkylation sites (N-methyl/N-ethyl adjacent to an activating group) is 1. The van der Waals surface area contributed by atoms with Gasteiger partial charge in [-0.25, -0.2) is 4.79 Å². The van der Waals surface area contributed by atoms with Gasteiger partial charge in [-0.3, -0.25) is 0 Å². The summed E-state index contributed by atoms with van der Waals surface area (Å²) in [6, 6.07) is 0. The molecule has 0 aliphatic carbocycles. The molecule has 0 heterocycles. The van der Waals surface area contributed by atoms with Crippen molar-refractivity contribution in [3.05, 3.63) is 0 Å². The maximum atomic E-state index is 11.1. The summed E-state index contributed by atoms with van der Waals surface area (Å²) in [6.07, 6.45) is -0.446. The minimum absolute atomic E-state index is 0. The second-order valence-electron chi connectivity index (χ2n) is 3.61. The van der Waals surface area contributed by atoms with Crippen molar-refractivity contribution in [1.29, 1.82) is 0 Å². The minimum atomic E-state index is -0.492. The molecular formula is C8H16CsNO3. The molecule has 0 bridgehead atoms. The standard InChI is InChI=1S/C8H16NO3.Cs/c1-8(2,3)12-7(11)9(4)5-6-10;/h5-6H2,1-4H3;/q-1;+1. The molecule has 0 N–H and O–H groups in total. The van der Waals surface area contributed by atoms with E-state index in [0.717, 1.165) is 0 Å². The van der Waals surface area contributed by atoms with Crippen molar-refractivity contribution in [3.63, 3.8) is 0 Å². The number of carbonyl (C=O) groups excluding carboxylic acids is 1. The summed E-state index contributed by atoms with van der Waals surface area (Å²) >= 11 is 0. The number of hydrogen-bond acceptors (Lipinski definition) is 3. The van der Waals surface area contributed by atoms with E-state index in [1.54, 1.807) is 27.8 Å². The number of rotatable bonds is 2. The predicted octanol–water partition coefficient (Wildman–Crippen LogP) is -2.78. The molecule has 0 aromatic carbocycles. The Labute approximate surface area is 138 Å². The van der Waals surface area contributed by atoms with E-state index in [0.29, 0.717) is 0 Å². The van der Waals surface area contributed by atoms with Gasteiger partial charge in [0.25, 0.3) is 0 Å². The van der Waals surface area contributed by atoms with E-state index in [9.17, 15) is 9.90 Å². The Morgan fingerprint density at radius 3 is 2.23 bits per heavy atom. The number of ether oxygens (including phenoxy) is 1. The van der Waals surface area contributed by atoms with Crippen LogP contribution in [0.4, 0.5) is 4.79 Å². The molecule has 0 aromatic heterocycles. The molecule has 0 rings (SSSR count). The average Bonchev–Trinajstić information content (AvgIpc) is 1.84. The van der Waals surface area contributed by atoms with Crippen LogP contribution < -0.4 is 74.0 Å². The fourth-order valence-corrected chi connectivity index (χ4v) is 0.568. The minimum Gasteiger partial charge on any atom is -0.853 e. The summed E-state index contributed by atoms with van der Waals surface area (Å²) in [7, 11) is 1.55. The molecule has 72 valence electrons. The molecule has 0 aliphatic rings. The monoisotopic (exact) mass is 307 g/mol. The molecule has 0 spiro atoms. The first-order chi connectivity index (χ1) is 5.37. The summed E-state index contributed by atoms with van der Waals surface area (Å²) in [4.78, 5) is 12.4. The van der Waals surface area contributed by atoms with Crippen LogP contribution in [-0.2, 0) is 4.74 Å². The van der Waals surface area contributed by atoms with E-state index in [1.807, 2.05) is 0 Å². The first kappa shape index (κ1) is 16.7. The van der Waals surface area contributed by atoms with Crippen molar-refractivity contribution in [2.45, 2.75) is 26.4 Å². The Bertz CT molecular complexity index is 156. The average molecular weight is 307 g/mol. The second kappa shape index (κ2) is 7.56. The van der Waals surface area contributed by atoms with Crippen LogP contribution >= 0.6 is 0 Å². The molecule has 0 saturated heterocycles. The summed E-state index contributed by atoms with van der Waals surface area (Å²) in [6.45, 7) is 5.26. The van der Waals surface area contributed by atoms with E-state index >= 15 is 0 Å². The SMILES string of the molecule is CN(CC[O-])C(=O)OC(C)(C)C.[Cs+]. The Morgan fingerprint density at radius 2 is 1.92 bits per heavy atom. The van der Waals surface area contributed by atoms with Crippen molar-refractivity contribution in [2.24, 2.45) is 0 Å². The molecule has 0 aromatic rings. The van der Waals surface area contributed by atoms with Gasteiger partial charge in [0.05, 0.1) is 0 Å². The van der Waals surface area contributed by atoms with Gasteiger partial charge in [-0.05, 0) is 20.8 Å². The van der Waals surface area contributed by atoms with Gasteiger partial charge >= 0.3 is 75.0 Å². The van der Waals surface area contributed by atoms with E-state index in [2.05, 4.69) is 0 Å². The van der Waals surface area contributed by atoms with Crippen LogP contribution in [-0.4, -0.2) is 36.8 Å². The van der Waals surface area contributed by atoms with Gasteiger partial charge in [-0.2, -0.15) is 0 Å². The molecule has 0 saturated carbocycles. The molecule has 13 heavy (non-hydrogen) atoms. The van der Waals surface area contributed by atoms with Gasteiger partial charge < -0.3 is 14.7 Å². The first-order valence-corrected chi connectivity index (χ1v) is 3.89. The van der Waals surface area contributed by atoms with Crippen molar-refractivity contribution in [2.75, 3.05) is 20.2 Å². The Balaban J connectivity index is 0. The maximum absolute atomic E-state index is 11.1. The fourth-order valence-electron chi connectivity index (χ4n) is 0.568. The van der Waals surface area contributed by atoms with Gasteiger partial charge in [0, 0.05) is 13.6 Å². The van der Waals surface area contributed by atoms with Crippen molar-refractivity contribution >= 4 is 6.09 Å². The predicted molar refractivity (Wildman–Crippen MR) is 43.7 cm³/mol. The number of nitrogens with zero attached hydrogens (tertiary/aromatic N) is 1. The van der Waals surface area contributed by atoms with Gasteiger partial charge in [0.15, 0.2) is 0 Å². The molecule has 0 fully saturated rings. The van der Waals surface area contributed by atoms with E-state index in [-0.39, 0.29) is 82.0 Å². The quantitative estimate of drug-likeness (QED) is 0.554. The van der Waals surface area contributed by atoms with Crippen LogP contribution in [0.5, 0.6) is 0 Å². The first-order valence-electron chi connectivity index (χ1n) is 3.89. The summed E-state index contributed by atoms with van der Waals surface area (Å²) in [5.74, 6) is 0. The Hall–Kier alpha value is 1.28. The van der Waals surface area contributed by atoms with Crippen LogP contribution in [0.3, 0.4) is 0 Å². The maximum Gasteiger partial charge on any atom is 1.00 e. The van der Waals surface area contributed by atoms with Gasteiger partial charge in [0.1, 0.15) is 5.60 Å². The Morgan fingerprint density at radius 1 is 1.46 bits per heavy atom. The normalized spacial score (nSPS) is 10.2. The smallest absolute Gasteiger partial charge is 0.853 e. The third-order valence-corrected chi connectivity index (χ3v) is 1.13. The van der Waals surface area contributed by atoms with Crippen molar-refractivity contribution < 1.29 is 83.5 Å². The van der Waals surface area contributed by atoms with E-state index in [4.69, 9.17) is 4.74 Å². The summed E-state index contributed by atoms with van der Waals surface area (Å²) < 4.78 is 5.00. The molecule has 0 radical (unpaired) electrons. The van der Waals surface area contributed by atoms with Crippen molar-refractivity contribution in [3.8, 4) is 0 Å². The second-order valence-corrected chi connectivity index (χ2v) is 3.61. The fraction of sp³-hybridized carbons (Fsp3) is 0.875. The largest absolute Gasteiger partial charge is 1.00 e. The van der Waals surface area contributed by atoms with Crippen LogP contribution in [0.2, 0.25) is 0 Å². The van der Waals surface area contributed by atoms with E-state index < -0.39 is 11.7 Å². The van der Waals surface area contributed by atoms with Gasteiger partial charge in [0.2, 0.25) is 0 Å². The van der Waals surface area contributed by atoms with Crippen LogP contribution in [0.15, 0.2) is 0 Å². The van der Waals surface area contributed by atoms with Crippen LogP contribution in [0, 0.1) is 0 Å². The zero-order chi connectivity index (χ0) is 9.78. The third kappa shape index (κ3) is 9.58. The molecular weight excluding hydrogens is 291 g/mol. The number of amides is 1. The molecule has 0 atom stereocenters. The topological polar surface area (TPSA) is 52.6 Å². The Kier molecular flexibility index (Phi) is 9.71.